The number of rotatable bonds is 6. The molecule has 1 saturated carbocycles. The largest absolute Gasteiger partial charge is 0.492 e. The van der Waals surface area contributed by atoms with Crippen molar-refractivity contribution >= 4 is 0 Å². The van der Waals surface area contributed by atoms with Crippen molar-refractivity contribution in [3.8, 4) is 5.75 Å². The van der Waals surface area contributed by atoms with Gasteiger partial charge in [-0.1, -0.05) is 43.9 Å². The average Bonchev–Trinajstić information content (AvgIpc) is 2.74. The smallest absolute Gasteiger partial charge is 0.119 e. The normalized spacial score (nSPS) is 18.8. The minimum atomic E-state index is 0.191. The quantitative estimate of drug-likeness (QED) is 0.812. The molecule has 0 radical (unpaired) electrons. The Labute approximate surface area is 123 Å². The third-order valence-electron chi connectivity index (χ3n) is 4.66. The fourth-order valence-electron chi connectivity index (χ4n) is 3.18. The molecule has 3 nitrogen and oxygen atoms in total. The zero-order chi connectivity index (χ0) is 14.3. The van der Waals surface area contributed by atoms with Crippen molar-refractivity contribution in [1.29, 1.82) is 0 Å². The highest BCUT2D eigenvalue weighted by molar-refractivity contribution is 5.20. The van der Waals surface area contributed by atoms with Gasteiger partial charge in [-0.25, -0.2) is 0 Å². The van der Waals surface area contributed by atoms with Gasteiger partial charge in [0.1, 0.15) is 12.4 Å². The van der Waals surface area contributed by atoms with E-state index in [4.69, 9.17) is 10.5 Å². The Morgan fingerprint density at radius 2 is 1.75 bits per heavy atom. The summed E-state index contributed by atoms with van der Waals surface area (Å²) in [6.45, 7) is 2.42. The van der Waals surface area contributed by atoms with Gasteiger partial charge < -0.3 is 10.5 Å². The van der Waals surface area contributed by atoms with E-state index in [0.29, 0.717) is 0 Å². The summed E-state index contributed by atoms with van der Waals surface area (Å²) >= 11 is 0. The van der Waals surface area contributed by atoms with E-state index < -0.39 is 0 Å². The monoisotopic (exact) mass is 276 g/mol. The van der Waals surface area contributed by atoms with E-state index in [9.17, 15) is 0 Å². The molecule has 1 aromatic carbocycles. The second kappa shape index (κ2) is 7.65. The molecule has 112 valence electrons. The van der Waals surface area contributed by atoms with Crippen LogP contribution in [0.1, 0.15) is 38.5 Å². The van der Waals surface area contributed by atoms with Crippen molar-refractivity contribution in [3.63, 3.8) is 0 Å². The first-order chi connectivity index (χ1) is 9.77. The lowest BCUT2D eigenvalue weighted by atomic mass is 9.88. The highest BCUT2D eigenvalue weighted by Crippen LogP contribution is 2.30. The Morgan fingerprint density at radius 3 is 2.35 bits per heavy atom. The maximum absolute atomic E-state index is 6.11. The molecule has 1 aliphatic rings. The van der Waals surface area contributed by atoms with Crippen LogP contribution in [-0.2, 0) is 0 Å². The molecule has 20 heavy (non-hydrogen) atoms. The SMILES string of the molecule is CN(CCOc1ccccc1)C1(CN)CCCCCC1. The molecule has 0 aliphatic heterocycles. The first-order valence-corrected chi connectivity index (χ1v) is 7.86. The van der Waals surface area contributed by atoms with Crippen LogP contribution >= 0.6 is 0 Å². The summed E-state index contributed by atoms with van der Waals surface area (Å²) in [6.07, 6.45) is 7.78. The molecule has 1 fully saturated rings. The molecule has 2 rings (SSSR count). The molecule has 0 amide bonds. The fraction of sp³-hybridized carbons (Fsp3) is 0.647. The number of nitrogens with two attached hydrogens (primary N) is 1. The van der Waals surface area contributed by atoms with Crippen LogP contribution in [0.4, 0.5) is 0 Å². The maximum atomic E-state index is 6.11. The predicted octanol–water partition coefficient (Wildman–Crippen LogP) is 3.05. The third kappa shape index (κ3) is 3.97. The van der Waals surface area contributed by atoms with Crippen LogP contribution in [0.3, 0.4) is 0 Å². The number of benzene rings is 1. The van der Waals surface area contributed by atoms with Crippen LogP contribution in [0, 0.1) is 0 Å². The Balaban J connectivity index is 1.84. The Hall–Kier alpha value is -1.06. The number of likely N-dealkylation sites (N-methyl/N-ethyl adjacent to an activating group) is 1. The Kier molecular flexibility index (Phi) is 5.86. The van der Waals surface area contributed by atoms with Gasteiger partial charge in [-0.15, -0.1) is 0 Å². The molecular formula is C17H28N2O. The van der Waals surface area contributed by atoms with E-state index in [1.807, 2.05) is 30.3 Å². The summed E-state index contributed by atoms with van der Waals surface area (Å²) in [5, 5.41) is 0. The van der Waals surface area contributed by atoms with Gasteiger partial charge in [-0.2, -0.15) is 0 Å². The van der Waals surface area contributed by atoms with Gasteiger partial charge in [-0.3, -0.25) is 4.90 Å². The van der Waals surface area contributed by atoms with Gasteiger partial charge in [0.2, 0.25) is 0 Å². The van der Waals surface area contributed by atoms with Gasteiger partial charge in [0.25, 0.3) is 0 Å². The molecule has 0 unspecified atom stereocenters. The molecule has 2 N–H and O–H groups in total. The molecule has 0 saturated heterocycles. The summed E-state index contributed by atoms with van der Waals surface area (Å²) in [7, 11) is 2.20. The van der Waals surface area contributed by atoms with Gasteiger partial charge in [0.15, 0.2) is 0 Å². The van der Waals surface area contributed by atoms with Crippen LogP contribution in [-0.4, -0.2) is 37.2 Å². The molecule has 0 atom stereocenters. The average molecular weight is 276 g/mol. The molecule has 0 bridgehead atoms. The highest BCUT2D eigenvalue weighted by atomic mass is 16.5. The second-order valence-corrected chi connectivity index (χ2v) is 5.93. The standard InChI is InChI=1S/C17H28N2O/c1-19(13-14-20-16-9-5-4-6-10-16)17(15-18)11-7-2-3-8-12-17/h4-6,9-10H,2-3,7-8,11-15,18H2,1H3. The number of nitrogens with zero attached hydrogens (tertiary/aromatic N) is 1. The van der Waals surface area contributed by atoms with Gasteiger partial charge in [0.05, 0.1) is 0 Å². The van der Waals surface area contributed by atoms with Crippen molar-refractivity contribution < 1.29 is 4.74 Å². The summed E-state index contributed by atoms with van der Waals surface area (Å²) < 4.78 is 5.81. The van der Waals surface area contributed by atoms with Crippen molar-refractivity contribution in [3.05, 3.63) is 30.3 Å². The highest BCUT2D eigenvalue weighted by Gasteiger charge is 2.33. The second-order valence-electron chi connectivity index (χ2n) is 5.93. The van der Waals surface area contributed by atoms with Gasteiger partial charge in [-0.05, 0) is 32.0 Å². The lowest BCUT2D eigenvalue weighted by Crippen LogP contribution is -2.52. The number of ether oxygens (including phenoxy) is 1. The zero-order valence-corrected chi connectivity index (χ0v) is 12.7. The van der Waals surface area contributed by atoms with Crippen LogP contribution in [0.2, 0.25) is 0 Å². The summed E-state index contributed by atoms with van der Waals surface area (Å²) in [5.41, 5.74) is 6.30. The molecule has 3 heteroatoms. The third-order valence-corrected chi connectivity index (χ3v) is 4.66. The van der Waals surface area contributed by atoms with E-state index in [-0.39, 0.29) is 5.54 Å². The Morgan fingerprint density at radius 1 is 1.10 bits per heavy atom. The molecule has 0 heterocycles. The van der Waals surface area contributed by atoms with E-state index in [1.54, 1.807) is 0 Å². The van der Waals surface area contributed by atoms with Crippen molar-refractivity contribution in [2.24, 2.45) is 5.73 Å². The first kappa shape index (κ1) is 15.3. The van der Waals surface area contributed by atoms with Gasteiger partial charge in [0, 0.05) is 18.6 Å². The van der Waals surface area contributed by atoms with Crippen LogP contribution < -0.4 is 10.5 Å². The number of para-hydroxylation sites is 1. The van der Waals surface area contributed by atoms with Crippen molar-refractivity contribution in [2.45, 2.75) is 44.1 Å². The van der Waals surface area contributed by atoms with Crippen molar-refractivity contribution in [2.75, 3.05) is 26.7 Å². The maximum Gasteiger partial charge on any atom is 0.119 e. The van der Waals surface area contributed by atoms with E-state index >= 15 is 0 Å². The van der Waals surface area contributed by atoms with Crippen LogP contribution in [0.25, 0.3) is 0 Å². The number of hydrogen-bond acceptors (Lipinski definition) is 3. The van der Waals surface area contributed by atoms with Crippen LogP contribution in [0.5, 0.6) is 5.75 Å². The van der Waals surface area contributed by atoms with Gasteiger partial charge >= 0.3 is 0 Å². The lowest BCUT2D eigenvalue weighted by molar-refractivity contribution is 0.0899. The lowest BCUT2D eigenvalue weighted by Gasteiger charge is -2.40. The molecule has 0 spiro atoms. The van der Waals surface area contributed by atoms with E-state index in [2.05, 4.69) is 11.9 Å². The van der Waals surface area contributed by atoms with E-state index in [1.165, 1.54) is 38.5 Å². The minimum absolute atomic E-state index is 0.191. The zero-order valence-electron chi connectivity index (χ0n) is 12.7. The molecule has 1 aliphatic carbocycles. The molecule has 1 aromatic rings. The first-order valence-electron chi connectivity index (χ1n) is 7.86. The summed E-state index contributed by atoms with van der Waals surface area (Å²) in [4.78, 5) is 2.43. The van der Waals surface area contributed by atoms with E-state index in [0.717, 1.165) is 25.4 Å². The van der Waals surface area contributed by atoms with Crippen molar-refractivity contribution in [1.82, 2.24) is 4.90 Å². The predicted molar refractivity (Wildman–Crippen MR) is 84.1 cm³/mol. The summed E-state index contributed by atoms with van der Waals surface area (Å²) in [6, 6.07) is 10.0. The minimum Gasteiger partial charge on any atom is -0.492 e. The molecular weight excluding hydrogens is 248 g/mol. The molecule has 0 aromatic heterocycles. The topological polar surface area (TPSA) is 38.5 Å². The summed E-state index contributed by atoms with van der Waals surface area (Å²) in [5.74, 6) is 0.948. The Bertz CT molecular complexity index is 372. The fourth-order valence-corrected chi connectivity index (χ4v) is 3.18. The van der Waals surface area contributed by atoms with Crippen LogP contribution in [0.15, 0.2) is 30.3 Å². The number of hydrogen-bond donors (Lipinski definition) is 1.